The van der Waals surface area contributed by atoms with Crippen molar-refractivity contribution in [2.75, 3.05) is 19.8 Å². The molecule has 1 aliphatic rings. The number of ketones is 1. The molecule has 0 aromatic carbocycles. The van der Waals surface area contributed by atoms with Gasteiger partial charge >= 0.3 is 0 Å². The number of rotatable bonds is 8. The number of hydrogen-bond acceptors (Lipinski definition) is 4. The van der Waals surface area contributed by atoms with Gasteiger partial charge in [0.25, 0.3) is 0 Å². The number of amides is 1. The van der Waals surface area contributed by atoms with Crippen molar-refractivity contribution in [3.63, 3.8) is 0 Å². The average Bonchev–Trinajstić information content (AvgIpc) is 2.71. The number of nitriles is 1. The van der Waals surface area contributed by atoms with Gasteiger partial charge in [-0.1, -0.05) is 13.3 Å². The fourth-order valence-electron chi connectivity index (χ4n) is 2.03. The molecule has 0 bridgehead atoms. The van der Waals surface area contributed by atoms with Crippen molar-refractivity contribution in [1.82, 2.24) is 4.90 Å². The first-order chi connectivity index (χ1) is 8.70. The van der Waals surface area contributed by atoms with Crippen molar-refractivity contribution in [1.29, 1.82) is 5.26 Å². The fourth-order valence-corrected chi connectivity index (χ4v) is 2.03. The molecule has 5 nitrogen and oxygen atoms in total. The molecule has 1 heterocycles. The molecule has 0 aromatic rings. The van der Waals surface area contributed by atoms with Crippen molar-refractivity contribution in [2.45, 2.75) is 45.1 Å². The maximum absolute atomic E-state index is 11.9. The molecule has 0 aromatic heterocycles. The van der Waals surface area contributed by atoms with Crippen LogP contribution in [0.3, 0.4) is 0 Å². The Bertz CT molecular complexity index is 336. The molecule has 0 spiro atoms. The van der Waals surface area contributed by atoms with Gasteiger partial charge in [-0.25, -0.2) is 0 Å². The monoisotopic (exact) mass is 252 g/mol. The highest BCUT2D eigenvalue weighted by Gasteiger charge is 2.34. The van der Waals surface area contributed by atoms with Crippen LogP contribution in [0.1, 0.15) is 39.0 Å². The van der Waals surface area contributed by atoms with Gasteiger partial charge in [-0.15, -0.1) is 0 Å². The summed E-state index contributed by atoms with van der Waals surface area (Å²) in [6.07, 6.45) is 3.30. The molecule has 0 radical (unpaired) electrons. The second-order valence-corrected chi connectivity index (χ2v) is 4.42. The van der Waals surface area contributed by atoms with E-state index in [0.29, 0.717) is 32.5 Å². The highest BCUT2D eigenvalue weighted by atomic mass is 16.5. The third-order valence-electron chi connectivity index (χ3n) is 3.08. The van der Waals surface area contributed by atoms with Gasteiger partial charge in [-0.2, -0.15) is 5.26 Å². The van der Waals surface area contributed by atoms with Crippen molar-refractivity contribution in [3.05, 3.63) is 0 Å². The third-order valence-corrected chi connectivity index (χ3v) is 3.08. The van der Waals surface area contributed by atoms with E-state index in [1.807, 2.05) is 6.07 Å². The molecule has 1 aliphatic heterocycles. The Morgan fingerprint density at radius 1 is 1.56 bits per heavy atom. The lowest BCUT2D eigenvalue weighted by Gasteiger charge is -2.20. The van der Waals surface area contributed by atoms with Crippen molar-refractivity contribution >= 4 is 11.7 Å². The zero-order valence-electron chi connectivity index (χ0n) is 10.9. The smallest absolute Gasteiger partial charge is 0.224 e. The number of unbranched alkanes of at least 4 members (excludes halogenated alkanes) is 1. The molecule has 1 rings (SSSR count). The van der Waals surface area contributed by atoms with Gasteiger partial charge in [-0.3, -0.25) is 9.59 Å². The van der Waals surface area contributed by atoms with E-state index in [-0.39, 0.29) is 18.2 Å². The van der Waals surface area contributed by atoms with Crippen LogP contribution >= 0.6 is 0 Å². The summed E-state index contributed by atoms with van der Waals surface area (Å²) in [5.41, 5.74) is 0. The molecule has 1 amide bonds. The van der Waals surface area contributed by atoms with Crippen molar-refractivity contribution in [2.24, 2.45) is 0 Å². The number of likely N-dealkylation sites (tertiary alicyclic amines) is 1. The highest BCUT2D eigenvalue weighted by molar-refractivity contribution is 5.92. The fraction of sp³-hybridized carbons (Fsp3) is 0.769. The van der Waals surface area contributed by atoms with Crippen LogP contribution in [0.2, 0.25) is 0 Å². The maximum Gasteiger partial charge on any atom is 0.224 e. The zero-order valence-corrected chi connectivity index (χ0v) is 10.9. The lowest BCUT2D eigenvalue weighted by Crippen LogP contribution is -2.39. The molecular formula is C13H20N2O3. The topological polar surface area (TPSA) is 70.4 Å². The molecule has 5 heteroatoms. The summed E-state index contributed by atoms with van der Waals surface area (Å²) in [5.74, 6) is -0.0885. The Hall–Kier alpha value is -1.41. The zero-order chi connectivity index (χ0) is 13.4. The molecule has 1 fully saturated rings. The Balaban J connectivity index is 2.32. The molecule has 1 atom stereocenters. The Morgan fingerprint density at radius 2 is 2.33 bits per heavy atom. The molecule has 0 N–H and O–H groups in total. The summed E-state index contributed by atoms with van der Waals surface area (Å²) in [7, 11) is 0. The average molecular weight is 252 g/mol. The van der Waals surface area contributed by atoms with Gasteiger partial charge in [0.15, 0.2) is 5.78 Å². The first-order valence-corrected chi connectivity index (χ1v) is 6.47. The van der Waals surface area contributed by atoms with E-state index in [4.69, 9.17) is 10.00 Å². The van der Waals surface area contributed by atoms with E-state index in [0.717, 1.165) is 12.8 Å². The quantitative estimate of drug-likeness (QED) is 0.482. The molecule has 18 heavy (non-hydrogen) atoms. The van der Waals surface area contributed by atoms with Crippen LogP contribution in [0.5, 0.6) is 0 Å². The second kappa shape index (κ2) is 7.83. The third kappa shape index (κ3) is 4.11. The minimum atomic E-state index is -0.410. The van der Waals surface area contributed by atoms with E-state index in [2.05, 4.69) is 6.92 Å². The Labute approximate surface area is 108 Å². The Morgan fingerprint density at radius 3 is 3.00 bits per heavy atom. The van der Waals surface area contributed by atoms with Crippen molar-refractivity contribution < 1.29 is 14.3 Å². The van der Waals surface area contributed by atoms with Crippen LogP contribution in [0.15, 0.2) is 0 Å². The molecule has 0 aliphatic carbocycles. The van der Waals surface area contributed by atoms with Gasteiger partial charge in [0.05, 0.1) is 18.7 Å². The van der Waals surface area contributed by atoms with E-state index in [9.17, 15) is 9.59 Å². The summed E-state index contributed by atoms with van der Waals surface area (Å²) in [6.45, 7) is 3.17. The maximum atomic E-state index is 11.9. The van der Waals surface area contributed by atoms with E-state index < -0.39 is 6.04 Å². The largest absolute Gasteiger partial charge is 0.381 e. The molecule has 0 unspecified atom stereocenters. The van der Waals surface area contributed by atoms with E-state index in [1.165, 1.54) is 4.90 Å². The van der Waals surface area contributed by atoms with Crippen LogP contribution in [0.4, 0.5) is 0 Å². The normalized spacial score (nSPS) is 19.0. The van der Waals surface area contributed by atoms with Gasteiger partial charge in [0.1, 0.15) is 6.54 Å². The number of Topliss-reactive ketones (excluding diaryl/α,β-unsaturated/α-hetero) is 1. The lowest BCUT2D eigenvalue weighted by atomic mass is 10.1. The predicted molar refractivity (Wildman–Crippen MR) is 65.7 cm³/mol. The van der Waals surface area contributed by atoms with Gasteiger partial charge < -0.3 is 9.64 Å². The minimum absolute atomic E-state index is 0.00588. The number of hydrogen-bond donors (Lipinski definition) is 0. The van der Waals surface area contributed by atoms with Crippen LogP contribution in [-0.2, 0) is 14.3 Å². The van der Waals surface area contributed by atoms with Crippen LogP contribution < -0.4 is 0 Å². The minimum Gasteiger partial charge on any atom is -0.381 e. The van der Waals surface area contributed by atoms with Crippen LogP contribution in [0.25, 0.3) is 0 Å². The SMILES string of the molecule is CCCCOCCC(=O)[C@@H]1CCC(=O)N1CC#N. The van der Waals surface area contributed by atoms with E-state index >= 15 is 0 Å². The number of ether oxygens (including phenoxy) is 1. The van der Waals surface area contributed by atoms with Gasteiger partial charge in [0, 0.05) is 19.4 Å². The van der Waals surface area contributed by atoms with Gasteiger partial charge in [-0.05, 0) is 12.8 Å². The van der Waals surface area contributed by atoms with Crippen LogP contribution in [-0.4, -0.2) is 42.4 Å². The summed E-state index contributed by atoms with van der Waals surface area (Å²) >= 11 is 0. The molecule has 100 valence electrons. The number of carbonyl (C=O) groups excluding carboxylic acids is 2. The number of carbonyl (C=O) groups is 2. The summed E-state index contributed by atoms with van der Waals surface area (Å²) < 4.78 is 5.34. The second-order valence-electron chi connectivity index (χ2n) is 4.42. The molecular weight excluding hydrogens is 232 g/mol. The summed E-state index contributed by atoms with van der Waals surface area (Å²) in [6, 6.07) is 1.52. The van der Waals surface area contributed by atoms with Crippen molar-refractivity contribution in [3.8, 4) is 6.07 Å². The van der Waals surface area contributed by atoms with Gasteiger partial charge in [0.2, 0.25) is 5.91 Å². The standard InChI is InChI=1S/C13H20N2O3/c1-2-3-9-18-10-6-12(16)11-4-5-13(17)15(11)8-7-14/h11H,2-6,8-10H2,1H3/t11-/m0/s1. The molecule has 0 saturated carbocycles. The van der Waals surface area contributed by atoms with Crippen LogP contribution in [0, 0.1) is 11.3 Å². The first kappa shape index (κ1) is 14.7. The Kier molecular flexibility index (Phi) is 6.37. The number of nitrogens with zero attached hydrogens (tertiary/aromatic N) is 2. The predicted octanol–water partition coefficient (Wildman–Crippen LogP) is 1.28. The lowest BCUT2D eigenvalue weighted by molar-refractivity contribution is -0.134. The van der Waals surface area contributed by atoms with E-state index in [1.54, 1.807) is 0 Å². The summed E-state index contributed by atoms with van der Waals surface area (Å²) in [4.78, 5) is 24.8. The molecule has 1 saturated heterocycles. The first-order valence-electron chi connectivity index (χ1n) is 6.47. The summed E-state index contributed by atoms with van der Waals surface area (Å²) in [5, 5.41) is 8.64. The highest BCUT2D eigenvalue weighted by Crippen LogP contribution is 2.19.